The van der Waals surface area contributed by atoms with Gasteiger partial charge in [-0.1, -0.05) is 13.8 Å². The maximum Gasteiger partial charge on any atom is 0.326 e. The number of nitrogens with two attached hydrogens (primary N) is 6. The first-order valence-corrected chi connectivity index (χ1v) is 24.9. The van der Waals surface area contributed by atoms with Crippen molar-refractivity contribution in [3.05, 3.63) is 0 Å². The van der Waals surface area contributed by atoms with Crippen LogP contribution < -0.4 is 71.6 Å². The number of rotatable bonds is 35. The highest BCUT2D eigenvalue weighted by molar-refractivity contribution is 5.97. The summed E-state index contributed by atoms with van der Waals surface area (Å²) in [5.41, 5.74) is 34.1. The molecule has 0 saturated carbocycles. The Bertz CT molecular complexity index is 1660. The Morgan fingerprint density at radius 2 is 0.986 bits per heavy atom. The molecule has 2 aliphatic heterocycles. The second-order valence-electron chi connectivity index (χ2n) is 18.3. The molecule has 0 radical (unpaired) electrons. The number of carboxylic acid groups (broad SMARTS) is 1. The lowest BCUT2D eigenvalue weighted by atomic mass is 10.0. The first kappa shape index (κ1) is 60.0. The SMILES string of the molecule is CC(C)[C@H](NC(=O)[C@H](CCCCN)NC(=O)[C@H](CCCN=C(N)N)NC(=O)[C@H](CCCCN)NC(=O)[C@H](CCCCN)NC(=O)[C@H](CCCCN)NC(=O)[C@@H]1CCCN1C(=O)[C@@H]1CCCN1)C(=O)O. The number of likely N-dealkylation sites (tertiary alicyclic amines) is 1. The van der Waals surface area contributed by atoms with Crippen molar-refractivity contribution in [3.63, 3.8) is 0 Å². The Labute approximate surface area is 406 Å². The molecule has 2 rings (SSSR count). The molecule has 394 valence electrons. The minimum atomic E-state index is -1.27. The molecule has 2 saturated heterocycles. The van der Waals surface area contributed by atoms with Crippen LogP contribution in [0.25, 0.3) is 0 Å². The molecule has 24 heteroatoms. The number of nitrogens with zero attached hydrogens (tertiary/aromatic N) is 2. The number of carbonyl (C=O) groups is 8. The van der Waals surface area contributed by atoms with Crippen molar-refractivity contribution < 1.29 is 43.5 Å². The average molecular weight is 980 g/mol. The van der Waals surface area contributed by atoms with Crippen LogP contribution in [0.1, 0.15) is 129 Å². The molecule has 0 aromatic carbocycles. The third-order valence-electron chi connectivity index (χ3n) is 12.3. The number of carboxylic acids is 1. The van der Waals surface area contributed by atoms with E-state index in [0.717, 1.165) is 13.0 Å². The van der Waals surface area contributed by atoms with E-state index >= 15 is 0 Å². The molecule has 69 heavy (non-hydrogen) atoms. The van der Waals surface area contributed by atoms with E-state index in [1.165, 1.54) is 0 Å². The van der Waals surface area contributed by atoms with Gasteiger partial charge in [-0.3, -0.25) is 38.6 Å². The fraction of sp³-hybridized carbons (Fsp3) is 0.800. The highest BCUT2D eigenvalue weighted by atomic mass is 16.4. The molecule has 0 spiro atoms. The van der Waals surface area contributed by atoms with Gasteiger partial charge in [0.05, 0.1) is 6.04 Å². The van der Waals surface area contributed by atoms with Crippen LogP contribution in [-0.4, -0.2) is 157 Å². The molecule has 0 aliphatic carbocycles. The van der Waals surface area contributed by atoms with Gasteiger partial charge >= 0.3 is 5.97 Å². The summed E-state index contributed by atoms with van der Waals surface area (Å²) in [6.45, 7) is 5.79. The van der Waals surface area contributed by atoms with Gasteiger partial charge in [0.2, 0.25) is 41.4 Å². The largest absolute Gasteiger partial charge is 0.480 e. The molecule has 2 heterocycles. The van der Waals surface area contributed by atoms with Crippen LogP contribution in [0.3, 0.4) is 0 Å². The summed E-state index contributed by atoms with van der Waals surface area (Å²) in [7, 11) is 0. The predicted octanol–water partition coefficient (Wildman–Crippen LogP) is -3.05. The van der Waals surface area contributed by atoms with Crippen molar-refractivity contribution in [3.8, 4) is 0 Å². The number of hydrogen-bond donors (Lipinski definition) is 14. The van der Waals surface area contributed by atoms with Crippen LogP contribution in [0.4, 0.5) is 0 Å². The smallest absolute Gasteiger partial charge is 0.326 e. The molecule has 0 aromatic heterocycles. The molecule has 0 aromatic rings. The Hall–Kier alpha value is -5.17. The molecule has 24 nitrogen and oxygen atoms in total. The third kappa shape index (κ3) is 22.0. The monoisotopic (exact) mass is 980 g/mol. The lowest BCUT2D eigenvalue weighted by molar-refractivity contribution is -0.143. The zero-order valence-electron chi connectivity index (χ0n) is 40.9. The summed E-state index contributed by atoms with van der Waals surface area (Å²) in [6.07, 6.45) is 7.24. The van der Waals surface area contributed by atoms with Gasteiger partial charge in [0.15, 0.2) is 5.96 Å². The van der Waals surface area contributed by atoms with Crippen LogP contribution in [0.15, 0.2) is 4.99 Å². The van der Waals surface area contributed by atoms with Gasteiger partial charge in [-0.25, -0.2) is 4.79 Å². The van der Waals surface area contributed by atoms with Crippen molar-refractivity contribution in [1.82, 2.24) is 42.1 Å². The van der Waals surface area contributed by atoms with Crippen molar-refractivity contribution in [2.75, 3.05) is 45.8 Å². The number of carbonyl (C=O) groups excluding carboxylic acids is 7. The van der Waals surface area contributed by atoms with Gasteiger partial charge in [0.1, 0.15) is 42.3 Å². The van der Waals surface area contributed by atoms with Gasteiger partial charge in [0.25, 0.3) is 0 Å². The van der Waals surface area contributed by atoms with Gasteiger partial charge in [-0.05, 0) is 154 Å². The number of aliphatic carboxylic acids is 1. The number of amides is 7. The van der Waals surface area contributed by atoms with Crippen LogP contribution >= 0.6 is 0 Å². The molecular weight excluding hydrogens is 895 g/mol. The molecule has 2 fully saturated rings. The average Bonchev–Trinajstić information content (AvgIpc) is 4.04. The number of hydrogen-bond acceptors (Lipinski definition) is 14. The van der Waals surface area contributed by atoms with E-state index in [4.69, 9.17) is 34.4 Å². The van der Waals surface area contributed by atoms with Gasteiger partial charge in [-0.15, -0.1) is 0 Å². The third-order valence-corrected chi connectivity index (χ3v) is 12.3. The van der Waals surface area contributed by atoms with E-state index in [1.54, 1.807) is 18.7 Å². The Morgan fingerprint density at radius 3 is 1.35 bits per heavy atom. The quantitative estimate of drug-likeness (QED) is 0.0170. The Morgan fingerprint density at radius 1 is 0.580 bits per heavy atom. The lowest BCUT2D eigenvalue weighted by Crippen LogP contribution is -2.60. The van der Waals surface area contributed by atoms with Crippen LogP contribution in [0, 0.1) is 5.92 Å². The zero-order valence-corrected chi connectivity index (χ0v) is 40.9. The van der Waals surface area contributed by atoms with E-state index in [9.17, 15) is 43.5 Å². The molecule has 20 N–H and O–H groups in total. The number of unbranched alkanes of at least 4 members (excludes halogenated alkanes) is 4. The normalized spacial score (nSPS) is 18.2. The highest BCUT2D eigenvalue weighted by Gasteiger charge is 2.40. The summed E-state index contributed by atoms with van der Waals surface area (Å²) < 4.78 is 0. The topological polar surface area (TPSA) is 413 Å². The van der Waals surface area contributed by atoms with Crippen molar-refractivity contribution in [1.29, 1.82) is 0 Å². The van der Waals surface area contributed by atoms with Crippen LogP contribution in [-0.2, 0) is 38.4 Å². The van der Waals surface area contributed by atoms with Gasteiger partial charge in [0, 0.05) is 13.1 Å². The fourth-order valence-corrected chi connectivity index (χ4v) is 8.34. The first-order valence-electron chi connectivity index (χ1n) is 24.9. The maximum atomic E-state index is 14.3. The Kier molecular flexibility index (Phi) is 29.0. The maximum absolute atomic E-state index is 14.3. The van der Waals surface area contributed by atoms with Gasteiger partial charge in [-0.2, -0.15) is 0 Å². The summed E-state index contributed by atoms with van der Waals surface area (Å²) in [6, 6.07) is -8.28. The fourth-order valence-electron chi connectivity index (χ4n) is 8.34. The second-order valence-corrected chi connectivity index (χ2v) is 18.3. The van der Waals surface area contributed by atoms with Crippen LogP contribution in [0.2, 0.25) is 0 Å². The molecule has 2 aliphatic rings. The van der Waals surface area contributed by atoms with E-state index in [1.807, 2.05) is 0 Å². The summed E-state index contributed by atoms with van der Waals surface area (Å²) >= 11 is 0. The number of aliphatic imine (C=N–C) groups is 1. The first-order chi connectivity index (χ1) is 33.0. The van der Waals surface area contributed by atoms with Crippen molar-refractivity contribution in [2.45, 2.75) is 178 Å². The zero-order chi connectivity index (χ0) is 51.3. The second kappa shape index (κ2) is 33.4. The standard InChI is InChI=1S/C45H85N15O9/c1-28(2)36(44(68)69)59-41(65)32(17-6-10-24-49)56-40(64)33(18-11-26-53-45(50)51)57-38(62)30(15-4-8-22-47)54-37(61)29(14-3-7-21-46)55-39(63)31(16-5-9-23-48)58-42(66)35-20-13-27-60(35)43(67)34-19-12-25-52-34/h28-36,52H,3-27,46-49H2,1-2H3,(H,54,61)(H,55,63)(H,56,64)(H,57,62)(H,58,66)(H,59,65)(H,68,69)(H4,50,51,53)/t29-,30-,31-,32-,33-,34-,35-,36-/m0/s1. The molecule has 8 atom stereocenters. The minimum absolute atomic E-state index is 0.00200. The molecular formula is C45H85N15O9. The minimum Gasteiger partial charge on any atom is -0.480 e. The Balaban J connectivity index is 2.40. The summed E-state index contributed by atoms with van der Waals surface area (Å²) in [5, 5.41) is 29.3. The molecule has 0 unspecified atom stereocenters. The van der Waals surface area contributed by atoms with Crippen LogP contribution in [0.5, 0.6) is 0 Å². The highest BCUT2D eigenvalue weighted by Crippen LogP contribution is 2.21. The number of nitrogens with one attached hydrogen (secondary N) is 7. The summed E-state index contributed by atoms with van der Waals surface area (Å²) in [5.74, 6) is -6.04. The van der Waals surface area contributed by atoms with Crippen molar-refractivity contribution >= 4 is 53.3 Å². The molecule has 0 bridgehead atoms. The lowest BCUT2D eigenvalue weighted by Gasteiger charge is -2.29. The van der Waals surface area contributed by atoms with Crippen molar-refractivity contribution in [2.24, 2.45) is 45.3 Å². The predicted molar refractivity (Wildman–Crippen MR) is 261 cm³/mol. The summed E-state index contributed by atoms with van der Waals surface area (Å²) in [4.78, 5) is 115. The molecule has 7 amide bonds. The van der Waals surface area contributed by atoms with E-state index in [0.29, 0.717) is 103 Å². The van der Waals surface area contributed by atoms with E-state index in [-0.39, 0.29) is 63.0 Å². The van der Waals surface area contributed by atoms with E-state index < -0.39 is 89.6 Å². The van der Waals surface area contributed by atoms with Gasteiger partial charge < -0.3 is 81.6 Å². The number of guanidine groups is 1. The van der Waals surface area contributed by atoms with E-state index in [2.05, 4.69) is 42.2 Å².